The Morgan fingerprint density at radius 1 is 1.29 bits per heavy atom. The summed E-state index contributed by atoms with van der Waals surface area (Å²) in [6, 6.07) is 6.21. The highest BCUT2D eigenvalue weighted by Gasteiger charge is 2.18. The zero-order valence-electron chi connectivity index (χ0n) is 16.3. The lowest BCUT2D eigenvalue weighted by Gasteiger charge is -2.15. The van der Waals surface area contributed by atoms with Crippen molar-refractivity contribution in [2.24, 2.45) is 0 Å². The maximum Gasteiger partial charge on any atom is 0.236 e. The van der Waals surface area contributed by atoms with Gasteiger partial charge in [0.1, 0.15) is 12.4 Å². The number of carbonyl (C=O) groups is 1. The van der Waals surface area contributed by atoms with Gasteiger partial charge in [-0.1, -0.05) is 30.0 Å². The first-order valence-electron chi connectivity index (χ1n) is 8.90. The van der Waals surface area contributed by atoms with Crippen LogP contribution in [0.3, 0.4) is 0 Å². The minimum atomic E-state index is -0.119. The van der Waals surface area contributed by atoms with Crippen molar-refractivity contribution in [2.75, 3.05) is 11.1 Å². The number of rotatable bonds is 8. The molecule has 3 aromatic rings. The molecule has 0 aliphatic rings. The van der Waals surface area contributed by atoms with Gasteiger partial charge in [-0.25, -0.2) is 4.98 Å². The van der Waals surface area contributed by atoms with Gasteiger partial charge < -0.3 is 14.6 Å². The van der Waals surface area contributed by atoms with Crippen LogP contribution in [0, 0.1) is 13.8 Å². The standard InChI is InChI=1S/C19H23N5O2S2/c1-12(2)24-15(10-26-17-13(3)6-5-7-14(17)4)22-23-19(24)28-11-16(25)21-18-20-8-9-27-18/h5-9,12H,10-11H2,1-4H3,(H,20,21,25). The van der Waals surface area contributed by atoms with E-state index in [1.807, 2.05) is 42.0 Å². The Morgan fingerprint density at radius 3 is 2.68 bits per heavy atom. The minimum absolute atomic E-state index is 0.119. The molecular formula is C19H23N5O2S2. The van der Waals surface area contributed by atoms with Gasteiger partial charge in [-0.2, -0.15) is 0 Å². The summed E-state index contributed by atoms with van der Waals surface area (Å²) in [5.41, 5.74) is 2.17. The van der Waals surface area contributed by atoms with Crippen LogP contribution in [0.4, 0.5) is 5.13 Å². The number of hydrogen-bond donors (Lipinski definition) is 1. The van der Waals surface area contributed by atoms with E-state index < -0.39 is 0 Å². The zero-order chi connectivity index (χ0) is 20.1. The molecule has 0 aliphatic carbocycles. The molecule has 28 heavy (non-hydrogen) atoms. The molecule has 7 nitrogen and oxygen atoms in total. The first-order chi connectivity index (χ1) is 13.5. The molecule has 0 saturated heterocycles. The number of anilines is 1. The van der Waals surface area contributed by atoms with Crippen molar-refractivity contribution in [2.45, 2.75) is 45.5 Å². The van der Waals surface area contributed by atoms with Crippen molar-refractivity contribution in [3.05, 3.63) is 46.7 Å². The highest BCUT2D eigenvalue weighted by atomic mass is 32.2. The van der Waals surface area contributed by atoms with Gasteiger partial charge in [-0.05, 0) is 38.8 Å². The van der Waals surface area contributed by atoms with Gasteiger partial charge in [0.25, 0.3) is 0 Å². The summed E-state index contributed by atoms with van der Waals surface area (Å²) in [5.74, 6) is 1.73. The molecule has 1 aromatic carbocycles. The number of nitrogens with zero attached hydrogens (tertiary/aromatic N) is 4. The summed E-state index contributed by atoms with van der Waals surface area (Å²) in [7, 11) is 0. The number of amides is 1. The van der Waals surface area contributed by atoms with E-state index in [-0.39, 0.29) is 17.7 Å². The fourth-order valence-corrected chi connectivity index (χ4v) is 4.19. The van der Waals surface area contributed by atoms with Crippen LogP contribution in [0.25, 0.3) is 0 Å². The Kier molecular flexibility index (Phi) is 6.69. The first kappa shape index (κ1) is 20.3. The Bertz CT molecular complexity index is 918. The van der Waals surface area contributed by atoms with Crippen LogP contribution in [0.15, 0.2) is 34.9 Å². The van der Waals surface area contributed by atoms with Gasteiger partial charge >= 0.3 is 0 Å². The molecule has 148 valence electrons. The number of benzene rings is 1. The first-order valence-corrected chi connectivity index (χ1v) is 10.8. The van der Waals surface area contributed by atoms with Crippen LogP contribution in [0.1, 0.15) is 36.8 Å². The Labute approximate surface area is 172 Å². The summed E-state index contributed by atoms with van der Waals surface area (Å²) in [4.78, 5) is 16.2. The molecule has 1 N–H and O–H groups in total. The molecule has 3 rings (SSSR count). The number of thiazole rings is 1. The average molecular weight is 418 g/mol. The molecule has 9 heteroatoms. The Hall–Kier alpha value is -2.39. The highest BCUT2D eigenvalue weighted by molar-refractivity contribution is 7.99. The summed E-state index contributed by atoms with van der Waals surface area (Å²) in [6.45, 7) is 8.50. The minimum Gasteiger partial charge on any atom is -0.485 e. The van der Waals surface area contributed by atoms with Crippen LogP contribution < -0.4 is 10.1 Å². The van der Waals surface area contributed by atoms with Crippen molar-refractivity contribution in [1.29, 1.82) is 0 Å². The number of nitrogens with one attached hydrogen (secondary N) is 1. The molecule has 2 aromatic heterocycles. The van der Waals surface area contributed by atoms with Gasteiger partial charge in [-0.3, -0.25) is 4.79 Å². The molecule has 0 atom stereocenters. The number of para-hydroxylation sites is 1. The molecule has 0 unspecified atom stereocenters. The smallest absolute Gasteiger partial charge is 0.236 e. The predicted octanol–water partition coefficient (Wildman–Crippen LogP) is 4.24. The topological polar surface area (TPSA) is 81.9 Å². The van der Waals surface area contributed by atoms with E-state index in [0.717, 1.165) is 22.7 Å². The maximum atomic E-state index is 12.1. The monoisotopic (exact) mass is 417 g/mol. The van der Waals surface area contributed by atoms with E-state index in [2.05, 4.69) is 34.3 Å². The molecule has 0 saturated carbocycles. The molecule has 0 spiro atoms. The predicted molar refractivity (Wildman–Crippen MR) is 112 cm³/mol. The summed E-state index contributed by atoms with van der Waals surface area (Å²) < 4.78 is 8.04. The fourth-order valence-electron chi connectivity index (χ4n) is 2.76. The Balaban J connectivity index is 1.66. The Morgan fingerprint density at radius 2 is 2.04 bits per heavy atom. The van der Waals surface area contributed by atoms with Crippen molar-refractivity contribution in [3.63, 3.8) is 0 Å². The number of aryl methyl sites for hydroxylation is 2. The average Bonchev–Trinajstić information content (AvgIpc) is 3.29. The van der Waals surface area contributed by atoms with Crippen molar-refractivity contribution >= 4 is 34.1 Å². The third-order valence-electron chi connectivity index (χ3n) is 4.02. The lowest BCUT2D eigenvalue weighted by molar-refractivity contribution is -0.113. The maximum absolute atomic E-state index is 12.1. The largest absolute Gasteiger partial charge is 0.485 e. The van der Waals surface area contributed by atoms with Gasteiger partial charge in [0, 0.05) is 17.6 Å². The van der Waals surface area contributed by atoms with Crippen LogP contribution in [0.2, 0.25) is 0 Å². The number of aromatic nitrogens is 4. The van der Waals surface area contributed by atoms with E-state index in [1.54, 1.807) is 6.20 Å². The summed E-state index contributed by atoms with van der Waals surface area (Å²) >= 11 is 2.74. The SMILES string of the molecule is Cc1cccc(C)c1OCc1nnc(SCC(=O)Nc2nccs2)n1C(C)C. The van der Waals surface area contributed by atoms with Crippen LogP contribution in [-0.4, -0.2) is 31.4 Å². The van der Waals surface area contributed by atoms with Crippen LogP contribution in [0.5, 0.6) is 5.75 Å². The van der Waals surface area contributed by atoms with E-state index in [0.29, 0.717) is 16.9 Å². The summed E-state index contributed by atoms with van der Waals surface area (Å²) in [6.07, 6.45) is 1.66. The van der Waals surface area contributed by atoms with Gasteiger partial charge in [0.15, 0.2) is 16.1 Å². The normalized spacial score (nSPS) is 11.0. The number of ether oxygens (including phenoxy) is 1. The quantitative estimate of drug-likeness (QED) is 0.552. The molecule has 0 bridgehead atoms. The number of carbonyl (C=O) groups excluding carboxylic acids is 1. The molecule has 1 amide bonds. The second-order valence-corrected chi connectivity index (χ2v) is 8.38. The van der Waals surface area contributed by atoms with E-state index in [9.17, 15) is 4.79 Å². The van der Waals surface area contributed by atoms with Gasteiger partial charge in [0.05, 0.1) is 5.75 Å². The highest BCUT2D eigenvalue weighted by Crippen LogP contribution is 2.26. The number of thioether (sulfide) groups is 1. The fraction of sp³-hybridized carbons (Fsp3) is 0.368. The zero-order valence-corrected chi connectivity index (χ0v) is 17.9. The molecule has 0 aliphatic heterocycles. The van der Waals surface area contributed by atoms with Crippen molar-refractivity contribution in [1.82, 2.24) is 19.7 Å². The molecule has 2 heterocycles. The molecular weight excluding hydrogens is 394 g/mol. The van der Waals surface area contributed by atoms with E-state index in [1.165, 1.54) is 23.1 Å². The molecule has 0 fully saturated rings. The number of hydrogen-bond acceptors (Lipinski definition) is 7. The van der Waals surface area contributed by atoms with Crippen molar-refractivity contribution in [3.8, 4) is 5.75 Å². The van der Waals surface area contributed by atoms with Crippen molar-refractivity contribution < 1.29 is 9.53 Å². The summed E-state index contributed by atoms with van der Waals surface area (Å²) in [5, 5.41) is 14.4. The van der Waals surface area contributed by atoms with E-state index in [4.69, 9.17) is 4.74 Å². The van der Waals surface area contributed by atoms with Gasteiger partial charge in [-0.15, -0.1) is 21.5 Å². The third-order valence-corrected chi connectivity index (χ3v) is 5.65. The van der Waals surface area contributed by atoms with Crippen LogP contribution in [-0.2, 0) is 11.4 Å². The lowest BCUT2D eigenvalue weighted by Crippen LogP contribution is -2.15. The second-order valence-electron chi connectivity index (χ2n) is 6.55. The van der Waals surface area contributed by atoms with Gasteiger partial charge in [0.2, 0.25) is 5.91 Å². The molecule has 0 radical (unpaired) electrons. The second kappa shape index (κ2) is 9.20. The lowest BCUT2D eigenvalue weighted by atomic mass is 10.1. The van der Waals surface area contributed by atoms with Crippen LogP contribution >= 0.6 is 23.1 Å². The third kappa shape index (κ3) is 4.90. The van der Waals surface area contributed by atoms with E-state index >= 15 is 0 Å².